The van der Waals surface area contributed by atoms with Gasteiger partial charge in [-0.15, -0.1) is 0 Å². The molecular formula is C18H20ClNO. The molecule has 0 aliphatic carbocycles. The Hall–Kier alpha value is -1.51. The molecule has 0 radical (unpaired) electrons. The van der Waals surface area contributed by atoms with Gasteiger partial charge < -0.3 is 5.11 Å². The average Bonchev–Trinajstić information content (AvgIpc) is 2.52. The Morgan fingerprint density at radius 3 is 2.43 bits per heavy atom. The Bertz CT molecular complexity index is 606. The van der Waals surface area contributed by atoms with Crippen molar-refractivity contribution in [3.8, 4) is 16.9 Å². The smallest absolute Gasteiger partial charge is 0.142 e. The van der Waals surface area contributed by atoms with Gasteiger partial charge in [0.2, 0.25) is 0 Å². The molecule has 0 unspecified atom stereocenters. The summed E-state index contributed by atoms with van der Waals surface area (Å²) in [6.07, 6.45) is 3.89. The summed E-state index contributed by atoms with van der Waals surface area (Å²) >= 11 is 6.22. The number of hydrogen-bond acceptors (Lipinski definition) is 2. The molecule has 2 aromatic rings. The predicted octanol–water partition coefficient (Wildman–Crippen LogP) is 4.70. The standard InChI is InChI=1S/C18H20ClNO/c19-17-12-14(13-20-9-5-2-6-10-20)11-16(18(17)21)15-7-3-1-4-8-15/h1,3-4,7-8,11-12,21H,2,5-6,9-10,13H2. The second kappa shape index (κ2) is 6.50. The van der Waals surface area contributed by atoms with Crippen molar-refractivity contribution in [1.82, 2.24) is 4.90 Å². The number of nitrogens with zero attached hydrogens (tertiary/aromatic N) is 1. The Kier molecular flexibility index (Phi) is 4.47. The molecule has 2 nitrogen and oxygen atoms in total. The number of aromatic hydroxyl groups is 1. The molecule has 110 valence electrons. The van der Waals surface area contributed by atoms with Gasteiger partial charge in [0.25, 0.3) is 0 Å². The molecule has 2 aromatic carbocycles. The highest BCUT2D eigenvalue weighted by molar-refractivity contribution is 6.32. The lowest BCUT2D eigenvalue weighted by atomic mass is 10.0. The van der Waals surface area contributed by atoms with E-state index in [-0.39, 0.29) is 5.75 Å². The van der Waals surface area contributed by atoms with Gasteiger partial charge in [0, 0.05) is 12.1 Å². The molecule has 0 atom stereocenters. The van der Waals surface area contributed by atoms with Crippen LogP contribution in [0.3, 0.4) is 0 Å². The molecule has 0 aromatic heterocycles. The summed E-state index contributed by atoms with van der Waals surface area (Å²) in [7, 11) is 0. The van der Waals surface area contributed by atoms with Crippen molar-refractivity contribution in [3.05, 3.63) is 53.1 Å². The molecule has 3 heteroatoms. The molecule has 21 heavy (non-hydrogen) atoms. The van der Waals surface area contributed by atoms with E-state index in [4.69, 9.17) is 11.6 Å². The number of rotatable bonds is 3. The summed E-state index contributed by atoms with van der Waals surface area (Å²) in [4.78, 5) is 2.46. The van der Waals surface area contributed by atoms with Gasteiger partial charge >= 0.3 is 0 Å². The number of phenols is 1. The summed E-state index contributed by atoms with van der Waals surface area (Å²) in [6, 6.07) is 13.9. The average molecular weight is 302 g/mol. The van der Waals surface area contributed by atoms with E-state index in [0.717, 1.165) is 30.8 Å². The number of likely N-dealkylation sites (tertiary alicyclic amines) is 1. The maximum absolute atomic E-state index is 10.2. The third-order valence-corrected chi connectivity index (χ3v) is 4.35. The van der Waals surface area contributed by atoms with E-state index in [1.54, 1.807) is 0 Å². The minimum Gasteiger partial charge on any atom is -0.506 e. The second-order valence-electron chi connectivity index (χ2n) is 5.68. The fraction of sp³-hybridized carbons (Fsp3) is 0.333. The Labute approximate surface area is 131 Å². The van der Waals surface area contributed by atoms with Crippen LogP contribution in [0.5, 0.6) is 5.75 Å². The van der Waals surface area contributed by atoms with Crippen LogP contribution in [0.4, 0.5) is 0 Å². The van der Waals surface area contributed by atoms with Crippen molar-refractivity contribution in [3.63, 3.8) is 0 Å². The lowest BCUT2D eigenvalue weighted by Gasteiger charge is -2.26. The number of halogens is 1. The zero-order chi connectivity index (χ0) is 14.7. The van der Waals surface area contributed by atoms with Crippen molar-refractivity contribution in [2.24, 2.45) is 0 Å². The lowest BCUT2D eigenvalue weighted by molar-refractivity contribution is 0.221. The van der Waals surface area contributed by atoms with Gasteiger partial charge in [-0.05, 0) is 49.2 Å². The normalized spacial score (nSPS) is 16.0. The first-order valence-electron chi connectivity index (χ1n) is 7.53. The van der Waals surface area contributed by atoms with Crippen LogP contribution in [-0.4, -0.2) is 23.1 Å². The molecule has 1 saturated heterocycles. The van der Waals surface area contributed by atoms with E-state index in [1.807, 2.05) is 36.4 Å². The first-order valence-corrected chi connectivity index (χ1v) is 7.91. The summed E-state index contributed by atoms with van der Waals surface area (Å²) in [5.41, 5.74) is 2.98. The number of phenolic OH excluding ortho intramolecular Hbond substituents is 1. The molecule has 0 amide bonds. The molecule has 1 fully saturated rings. The largest absolute Gasteiger partial charge is 0.506 e. The third kappa shape index (κ3) is 3.39. The second-order valence-corrected chi connectivity index (χ2v) is 6.08. The summed E-state index contributed by atoms with van der Waals surface area (Å²) in [5, 5.41) is 10.7. The summed E-state index contributed by atoms with van der Waals surface area (Å²) in [6.45, 7) is 3.21. The molecule has 1 N–H and O–H groups in total. The third-order valence-electron chi connectivity index (χ3n) is 4.06. The highest BCUT2D eigenvalue weighted by Crippen LogP contribution is 2.36. The SMILES string of the molecule is Oc1c(Cl)cc(CN2CCCCC2)cc1-c1ccccc1. The minimum atomic E-state index is 0.172. The molecule has 1 heterocycles. The van der Waals surface area contributed by atoms with Gasteiger partial charge in [-0.25, -0.2) is 0 Å². The molecule has 0 spiro atoms. The monoisotopic (exact) mass is 301 g/mol. The van der Waals surface area contributed by atoms with Crippen molar-refractivity contribution >= 4 is 11.6 Å². The zero-order valence-corrected chi connectivity index (χ0v) is 12.8. The van der Waals surface area contributed by atoms with Crippen molar-refractivity contribution in [2.45, 2.75) is 25.8 Å². The summed E-state index contributed by atoms with van der Waals surface area (Å²) in [5.74, 6) is 0.172. The Morgan fingerprint density at radius 1 is 1.00 bits per heavy atom. The number of benzene rings is 2. The maximum Gasteiger partial charge on any atom is 0.142 e. The maximum atomic E-state index is 10.2. The van der Waals surface area contributed by atoms with Crippen LogP contribution in [0.1, 0.15) is 24.8 Å². The first kappa shape index (κ1) is 14.4. The molecular weight excluding hydrogens is 282 g/mol. The summed E-state index contributed by atoms with van der Waals surface area (Å²) < 4.78 is 0. The van der Waals surface area contributed by atoms with Crippen molar-refractivity contribution < 1.29 is 5.11 Å². The minimum absolute atomic E-state index is 0.172. The Morgan fingerprint density at radius 2 is 1.71 bits per heavy atom. The van der Waals surface area contributed by atoms with E-state index in [0.29, 0.717) is 5.02 Å². The molecule has 0 saturated carbocycles. The van der Waals surface area contributed by atoms with E-state index in [1.165, 1.54) is 24.8 Å². The van der Waals surface area contributed by atoms with Crippen LogP contribution in [0.25, 0.3) is 11.1 Å². The highest BCUT2D eigenvalue weighted by Gasteiger charge is 2.14. The van der Waals surface area contributed by atoms with Crippen LogP contribution in [0, 0.1) is 0 Å². The van der Waals surface area contributed by atoms with Gasteiger partial charge in [-0.3, -0.25) is 4.90 Å². The van der Waals surface area contributed by atoms with Gasteiger partial charge in [0.1, 0.15) is 5.75 Å². The molecule has 1 aliphatic rings. The quantitative estimate of drug-likeness (QED) is 0.888. The van der Waals surface area contributed by atoms with Gasteiger partial charge in [0.15, 0.2) is 0 Å². The topological polar surface area (TPSA) is 23.5 Å². The van der Waals surface area contributed by atoms with Crippen LogP contribution < -0.4 is 0 Å². The highest BCUT2D eigenvalue weighted by atomic mass is 35.5. The molecule has 1 aliphatic heterocycles. The van der Waals surface area contributed by atoms with Gasteiger partial charge in [0.05, 0.1) is 5.02 Å². The van der Waals surface area contributed by atoms with E-state index >= 15 is 0 Å². The molecule has 3 rings (SSSR count). The lowest BCUT2D eigenvalue weighted by Crippen LogP contribution is -2.29. The van der Waals surface area contributed by atoms with Crippen LogP contribution in [-0.2, 0) is 6.54 Å². The zero-order valence-electron chi connectivity index (χ0n) is 12.1. The van der Waals surface area contributed by atoms with Crippen LogP contribution in [0.2, 0.25) is 5.02 Å². The predicted molar refractivity (Wildman–Crippen MR) is 87.7 cm³/mol. The van der Waals surface area contributed by atoms with Gasteiger partial charge in [-0.2, -0.15) is 0 Å². The molecule has 0 bridgehead atoms. The number of piperidine rings is 1. The van der Waals surface area contributed by atoms with Crippen molar-refractivity contribution in [1.29, 1.82) is 0 Å². The van der Waals surface area contributed by atoms with E-state index in [9.17, 15) is 5.11 Å². The Balaban J connectivity index is 1.90. The van der Waals surface area contributed by atoms with Crippen LogP contribution in [0.15, 0.2) is 42.5 Å². The fourth-order valence-electron chi connectivity index (χ4n) is 2.96. The van der Waals surface area contributed by atoms with E-state index in [2.05, 4.69) is 11.0 Å². The van der Waals surface area contributed by atoms with Gasteiger partial charge in [-0.1, -0.05) is 48.4 Å². The van der Waals surface area contributed by atoms with E-state index < -0.39 is 0 Å². The first-order chi connectivity index (χ1) is 10.2. The van der Waals surface area contributed by atoms with Crippen LogP contribution >= 0.6 is 11.6 Å². The fourth-order valence-corrected chi connectivity index (χ4v) is 3.20. The van der Waals surface area contributed by atoms with Crippen molar-refractivity contribution in [2.75, 3.05) is 13.1 Å². The number of hydrogen-bond donors (Lipinski definition) is 1.